The van der Waals surface area contributed by atoms with Gasteiger partial charge < -0.3 is 21.5 Å². The molecule has 5 N–H and O–H groups in total. The molecule has 3 rings (SSSR count). The van der Waals surface area contributed by atoms with Crippen LogP contribution in [0.15, 0.2) is 42.5 Å². The molecule has 0 saturated heterocycles. The molecule has 1 aromatic heterocycles. The molecule has 0 aliphatic rings. The quantitative estimate of drug-likeness (QED) is 0.421. The van der Waals surface area contributed by atoms with Crippen LogP contribution in [0.25, 0.3) is 0 Å². The van der Waals surface area contributed by atoms with Gasteiger partial charge in [0.1, 0.15) is 16.7 Å². The van der Waals surface area contributed by atoms with Crippen molar-refractivity contribution < 1.29 is 19.1 Å². The molecular formula is C25H28ClN5O4S. The third-order valence-corrected chi connectivity index (χ3v) is 6.26. The van der Waals surface area contributed by atoms with Gasteiger partial charge in [-0.15, -0.1) is 0 Å². The average molecular weight is 530 g/mol. The van der Waals surface area contributed by atoms with Crippen molar-refractivity contribution in [3.05, 3.63) is 69.2 Å². The van der Waals surface area contributed by atoms with E-state index in [-0.39, 0.29) is 16.3 Å². The molecule has 190 valence electrons. The number of primary amides is 1. The summed E-state index contributed by atoms with van der Waals surface area (Å²) in [5, 5.41) is 3.42. The molecule has 1 atom stereocenters. The Morgan fingerprint density at radius 1 is 1.14 bits per heavy atom. The van der Waals surface area contributed by atoms with Crippen molar-refractivity contribution >= 4 is 52.2 Å². The predicted octanol–water partition coefficient (Wildman–Crippen LogP) is 4.10. The van der Waals surface area contributed by atoms with Crippen LogP contribution in [0.5, 0.6) is 5.75 Å². The van der Waals surface area contributed by atoms with Crippen molar-refractivity contribution in [3.8, 4) is 5.75 Å². The lowest BCUT2D eigenvalue weighted by Gasteiger charge is -2.34. The van der Waals surface area contributed by atoms with Gasteiger partial charge in [-0.3, -0.25) is 19.3 Å². The molecule has 0 aliphatic heterocycles. The number of nitrogens with one attached hydrogen (secondary N) is 1. The second kappa shape index (κ2) is 10.5. The number of hydrogen-bond acceptors (Lipinski definition) is 7. The number of aromatic nitrogens is 1. The summed E-state index contributed by atoms with van der Waals surface area (Å²) < 4.78 is 9.53. The first-order valence-corrected chi connectivity index (χ1v) is 12.1. The molecule has 3 aromatic rings. The highest BCUT2D eigenvalue weighted by atomic mass is 35.5. The van der Waals surface area contributed by atoms with Gasteiger partial charge in [0.05, 0.1) is 18.5 Å². The highest BCUT2D eigenvalue weighted by Gasteiger charge is 2.38. The first-order chi connectivity index (χ1) is 16.8. The van der Waals surface area contributed by atoms with Crippen LogP contribution in [-0.4, -0.2) is 34.7 Å². The first-order valence-electron chi connectivity index (χ1n) is 10.9. The predicted molar refractivity (Wildman–Crippen MR) is 142 cm³/mol. The van der Waals surface area contributed by atoms with Crippen molar-refractivity contribution in [3.63, 3.8) is 0 Å². The van der Waals surface area contributed by atoms with E-state index >= 15 is 0 Å². The number of aryl methyl sites for hydroxylation is 1. The normalized spacial score (nSPS) is 12.1. The van der Waals surface area contributed by atoms with Crippen LogP contribution in [-0.2, 0) is 4.79 Å². The molecule has 0 spiro atoms. The lowest BCUT2D eigenvalue weighted by Crippen LogP contribution is -2.49. The standard InChI is InChI=1S/C25H28ClN5O4S/c1-13-6-11-17(35-5)16(12-13)31(24(34)21-18(27)19(22(28)32)30-36-21)20(23(33)29-25(2,3)4)14-7-9-15(26)10-8-14/h6-12,20H,27H2,1-5H3,(H2,28,32)(H,29,33)/t20-/m1/s1. The number of ether oxygens (including phenoxy) is 1. The minimum Gasteiger partial charge on any atom is -0.495 e. The number of hydrogen-bond donors (Lipinski definition) is 3. The number of nitrogen functional groups attached to an aromatic ring is 1. The van der Waals surface area contributed by atoms with Crippen molar-refractivity contribution in [1.29, 1.82) is 0 Å². The molecule has 0 saturated carbocycles. The summed E-state index contributed by atoms with van der Waals surface area (Å²) in [5.74, 6) is -1.60. The van der Waals surface area contributed by atoms with E-state index < -0.39 is 29.3 Å². The van der Waals surface area contributed by atoms with Crippen molar-refractivity contribution in [1.82, 2.24) is 9.69 Å². The monoisotopic (exact) mass is 529 g/mol. The van der Waals surface area contributed by atoms with Gasteiger partial charge in [-0.2, -0.15) is 4.37 Å². The molecule has 1 heterocycles. The zero-order chi connectivity index (χ0) is 26.8. The molecule has 0 fully saturated rings. The summed E-state index contributed by atoms with van der Waals surface area (Å²) in [5.41, 5.74) is 12.2. The molecule has 0 aliphatic carbocycles. The molecule has 36 heavy (non-hydrogen) atoms. The fraction of sp³-hybridized carbons (Fsp3) is 0.280. The van der Waals surface area contributed by atoms with E-state index in [1.165, 1.54) is 12.0 Å². The Labute approximate surface area is 218 Å². The number of carbonyl (C=O) groups excluding carboxylic acids is 3. The maximum atomic E-state index is 14.1. The third kappa shape index (κ3) is 5.77. The van der Waals surface area contributed by atoms with Crippen LogP contribution in [0.2, 0.25) is 5.02 Å². The Bertz CT molecular complexity index is 1300. The molecule has 3 amide bonds. The zero-order valence-corrected chi connectivity index (χ0v) is 22.2. The van der Waals surface area contributed by atoms with E-state index in [0.29, 0.717) is 22.0 Å². The minimum absolute atomic E-state index is 0.0325. The number of rotatable bonds is 7. The molecule has 9 nitrogen and oxygen atoms in total. The van der Waals surface area contributed by atoms with Crippen molar-refractivity contribution in [2.75, 3.05) is 17.7 Å². The Hall–Kier alpha value is -3.63. The average Bonchev–Trinajstić information content (AvgIpc) is 3.18. The number of carbonyl (C=O) groups is 3. The van der Waals surface area contributed by atoms with Crippen molar-refractivity contribution in [2.24, 2.45) is 5.73 Å². The Balaban J connectivity index is 2.32. The fourth-order valence-corrected chi connectivity index (χ4v) is 4.46. The van der Waals surface area contributed by atoms with Gasteiger partial charge in [0.25, 0.3) is 11.8 Å². The SMILES string of the molecule is COc1ccc(C)cc1N(C(=O)c1snc(C(N)=O)c1N)[C@@H](C(=O)NC(C)(C)C)c1ccc(Cl)cc1. The number of methoxy groups -OCH3 is 1. The van der Waals surface area contributed by atoms with Crippen LogP contribution in [0.4, 0.5) is 11.4 Å². The van der Waals surface area contributed by atoms with Gasteiger partial charge in [-0.25, -0.2) is 0 Å². The summed E-state index contributed by atoms with van der Waals surface area (Å²) in [7, 11) is 1.47. The zero-order valence-electron chi connectivity index (χ0n) is 20.6. The number of benzene rings is 2. The van der Waals surface area contributed by atoms with E-state index in [4.69, 9.17) is 27.8 Å². The number of nitrogens with zero attached hydrogens (tertiary/aromatic N) is 2. The van der Waals surface area contributed by atoms with Crippen LogP contribution in [0.3, 0.4) is 0 Å². The number of halogens is 1. The lowest BCUT2D eigenvalue weighted by molar-refractivity contribution is -0.123. The van der Waals surface area contributed by atoms with E-state index in [2.05, 4.69) is 9.69 Å². The van der Waals surface area contributed by atoms with E-state index in [1.54, 1.807) is 36.4 Å². The smallest absolute Gasteiger partial charge is 0.273 e. The summed E-state index contributed by atoms with van der Waals surface area (Å²) in [6, 6.07) is 10.7. The van der Waals surface area contributed by atoms with Gasteiger partial charge in [0.15, 0.2) is 5.69 Å². The molecule has 2 aromatic carbocycles. The highest BCUT2D eigenvalue weighted by molar-refractivity contribution is 7.09. The molecule has 0 radical (unpaired) electrons. The second-order valence-corrected chi connectivity index (χ2v) is 10.4. The van der Waals surface area contributed by atoms with E-state index in [0.717, 1.165) is 17.1 Å². The molecule has 0 bridgehead atoms. The maximum absolute atomic E-state index is 14.1. The van der Waals surface area contributed by atoms with Crippen LogP contribution < -0.4 is 26.4 Å². The summed E-state index contributed by atoms with van der Waals surface area (Å²) >= 11 is 6.84. The second-order valence-electron chi connectivity index (χ2n) is 9.18. The van der Waals surface area contributed by atoms with Gasteiger partial charge in [0, 0.05) is 10.6 Å². The summed E-state index contributed by atoms with van der Waals surface area (Å²) in [6.07, 6.45) is 0. The largest absolute Gasteiger partial charge is 0.495 e. The van der Waals surface area contributed by atoms with Gasteiger partial charge in [-0.1, -0.05) is 29.8 Å². The maximum Gasteiger partial charge on any atom is 0.273 e. The first kappa shape index (κ1) is 27.0. The Kier molecular flexibility index (Phi) is 7.90. The molecule has 0 unspecified atom stereocenters. The van der Waals surface area contributed by atoms with Crippen LogP contribution in [0.1, 0.15) is 58.1 Å². The fourth-order valence-electron chi connectivity index (χ4n) is 3.59. The third-order valence-electron chi connectivity index (χ3n) is 5.16. The van der Waals surface area contributed by atoms with Crippen molar-refractivity contribution in [2.45, 2.75) is 39.3 Å². The minimum atomic E-state index is -1.15. The topological polar surface area (TPSA) is 141 Å². The lowest BCUT2D eigenvalue weighted by atomic mass is 10.00. The Morgan fingerprint density at radius 3 is 2.31 bits per heavy atom. The van der Waals surface area contributed by atoms with Gasteiger partial charge in [-0.05, 0) is 74.6 Å². The van der Waals surface area contributed by atoms with Gasteiger partial charge >= 0.3 is 0 Å². The Morgan fingerprint density at radius 2 is 1.78 bits per heavy atom. The molecular weight excluding hydrogens is 502 g/mol. The number of amides is 3. The van der Waals surface area contributed by atoms with E-state index in [9.17, 15) is 14.4 Å². The summed E-state index contributed by atoms with van der Waals surface area (Å²) in [6.45, 7) is 7.36. The van der Waals surface area contributed by atoms with Gasteiger partial charge in [0.2, 0.25) is 5.91 Å². The van der Waals surface area contributed by atoms with Crippen LogP contribution in [0, 0.1) is 6.92 Å². The highest BCUT2D eigenvalue weighted by Crippen LogP contribution is 2.39. The van der Waals surface area contributed by atoms with Crippen LogP contribution >= 0.6 is 23.1 Å². The summed E-state index contributed by atoms with van der Waals surface area (Å²) in [4.78, 5) is 40.9. The number of nitrogens with two attached hydrogens (primary N) is 2. The number of anilines is 2. The van der Waals surface area contributed by atoms with E-state index in [1.807, 2.05) is 33.8 Å². The molecule has 11 heteroatoms.